The second kappa shape index (κ2) is 8.61. The molecule has 0 aromatic heterocycles. The fourth-order valence-corrected chi connectivity index (χ4v) is 3.30. The number of rotatable bonds is 6. The summed E-state index contributed by atoms with van der Waals surface area (Å²) >= 11 is 0. The van der Waals surface area contributed by atoms with Crippen molar-refractivity contribution >= 4 is 6.03 Å². The third-order valence-electron chi connectivity index (χ3n) is 4.77. The van der Waals surface area contributed by atoms with Crippen LogP contribution in [0.1, 0.15) is 23.1 Å². The van der Waals surface area contributed by atoms with Crippen LogP contribution < -0.4 is 14.8 Å². The number of amides is 2. The Hall–Kier alpha value is -2.69. The highest BCUT2D eigenvalue weighted by atomic mass is 16.5. The molecular formula is C21H26N2O3. The molecule has 2 aromatic carbocycles. The summed E-state index contributed by atoms with van der Waals surface area (Å²) in [6.45, 7) is 2.00. The van der Waals surface area contributed by atoms with Crippen molar-refractivity contribution in [2.24, 2.45) is 0 Å². The van der Waals surface area contributed by atoms with Crippen LogP contribution in [0.25, 0.3) is 0 Å². The average Bonchev–Trinajstić information content (AvgIpc) is 2.70. The van der Waals surface area contributed by atoms with Crippen molar-refractivity contribution < 1.29 is 14.3 Å². The van der Waals surface area contributed by atoms with E-state index in [-0.39, 0.29) is 6.03 Å². The van der Waals surface area contributed by atoms with E-state index in [9.17, 15) is 4.79 Å². The summed E-state index contributed by atoms with van der Waals surface area (Å²) in [5, 5.41) is 3.04. The van der Waals surface area contributed by atoms with Crippen molar-refractivity contribution in [3.05, 3.63) is 59.2 Å². The van der Waals surface area contributed by atoms with Gasteiger partial charge in [-0.05, 0) is 48.1 Å². The maximum absolute atomic E-state index is 12.5. The van der Waals surface area contributed by atoms with Gasteiger partial charge in [-0.1, -0.05) is 30.3 Å². The number of carbonyl (C=O) groups is 1. The van der Waals surface area contributed by atoms with Crippen LogP contribution >= 0.6 is 0 Å². The summed E-state index contributed by atoms with van der Waals surface area (Å²) in [5.41, 5.74) is 3.64. The van der Waals surface area contributed by atoms with E-state index >= 15 is 0 Å². The molecule has 2 amide bonds. The highest BCUT2D eigenvalue weighted by Crippen LogP contribution is 2.33. The Morgan fingerprint density at radius 3 is 2.46 bits per heavy atom. The number of benzene rings is 2. The standard InChI is InChI=1S/C21H26N2O3/c1-25-19-13-17-10-12-23(15-18(17)14-20(19)26-2)21(24)22-11-6-9-16-7-4-3-5-8-16/h3-5,7-8,13-14H,6,9-12,15H2,1-2H3,(H,22,24). The van der Waals surface area contributed by atoms with Crippen LogP contribution in [-0.4, -0.2) is 38.2 Å². The SMILES string of the molecule is COc1cc2c(cc1OC)CN(C(=O)NCCCc1ccccc1)CC2. The fourth-order valence-electron chi connectivity index (χ4n) is 3.30. The number of urea groups is 1. The van der Waals surface area contributed by atoms with Crippen molar-refractivity contribution in [2.45, 2.75) is 25.8 Å². The van der Waals surface area contributed by atoms with Gasteiger partial charge in [0.15, 0.2) is 11.5 Å². The highest BCUT2D eigenvalue weighted by Gasteiger charge is 2.22. The first kappa shape index (κ1) is 18.1. The van der Waals surface area contributed by atoms with E-state index in [4.69, 9.17) is 9.47 Å². The van der Waals surface area contributed by atoms with E-state index in [1.807, 2.05) is 35.2 Å². The van der Waals surface area contributed by atoms with E-state index in [0.29, 0.717) is 25.4 Å². The zero-order valence-corrected chi connectivity index (χ0v) is 15.5. The summed E-state index contributed by atoms with van der Waals surface area (Å²) in [7, 11) is 3.27. The van der Waals surface area contributed by atoms with Crippen LogP contribution in [-0.2, 0) is 19.4 Å². The summed E-state index contributed by atoms with van der Waals surface area (Å²) in [5.74, 6) is 1.45. The molecule has 1 heterocycles. The molecule has 0 fully saturated rings. The molecule has 0 saturated heterocycles. The molecule has 26 heavy (non-hydrogen) atoms. The molecule has 0 bridgehead atoms. The Morgan fingerprint density at radius 1 is 1.08 bits per heavy atom. The Labute approximate surface area is 154 Å². The van der Waals surface area contributed by atoms with E-state index in [2.05, 4.69) is 17.4 Å². The number of aryl methyl sites for hydroxylation is 1. The van der Waals surface area contributed by atoms with Gasteiger partial charge >= 0.3 is 6.03 Å². The zero-order valence-electron chi connectivity index (χ0n) is 15.5. The van der Waals surface area contributed by atoms with Gasteiger partial charge in [0.05, 0.1) is 14.2 Å². The minimum atomic E-state index is -0.00139. The average molecular weight is 354 g/mol. The molecule has 1 aliphatic heterocycles. The second-order valence-electron chi connectivity index (χ2n) is 6.47. The number of ether oxygens (including phenoxy) is 2. The lowest BCUT2D eigenvalue weighted by atomic mass is 9.99. The van der Waals surface area contributed by atoms with E-state index in [1.54, 1.807) is 14.2 Å². The lowest BCUT2D eigenvalue weighted by Gasteiger charge is -2.29. The molecular weight excluding hydrogens is 328 g/mol. The van der Waals surface area contributed by atoms with E-state index < -0.39 is 0 Å². The lowest BCUT2D eigenvalue weighted by molar-refractivity contribution is 0.192. The molecule has 2 aromatic rings. The molecule has 0 spiro atoms. The molecule has 5 heteroatoms. The highest BCUT2D eigenvalue weighted by molar-refractivity contribution is 5.74. The van der Waals surface area contributed by atoms with Gasteiger partial charge < -0.3 is 19.7 Å². The van der Waals surface area contributed by atoms with Crippen LogP contribution in [0.2, 0.25) is 0 Å². The molecule has 0 aliphatic carbocycles. The molecule has 0 radical (unpaired) electrons. The summed E-state index contributed by atoms with van der Waals surface area (Å²) < 4.78 is 10.7. The monoisotopic (exact) mass is 354 g/mol. The Morgan fingerprint density at radius 2 is 1.77 bits per heavy atom. The minimum absolute atomic E-state index is 0.00139. The smallest absolute Gasteiger partial charge is 0.317 e. The fraction of sp³-hybridized carbons (Fsp3) is 0.381. The molecule has 1 aliphatic rings. The van der Waals surface area contributed by atoms with Gasteiger partial charge in [0, 0.05) is 19.6 Å². The lowest BCUT2D eigenvalue weighted by Crippen LogP contribution is -2.43. The summed E-state index contributed by atoms with van der Waals surface area (Å²) in [4.78, 5) is 14.3. The number of nitrogens with zero attached hydrogens (tertiary/aromatic N) is 1. The van der Waals surface area contributed by atoms with Gasteiger partial charge in [0.2, 0.25) is 0 Å². The first-order chi connectivity index (χ1) is 12.7. The quantitative estimate of drug-likeness (QED) is 0.809. The molecule has 3 rings (SSSR count). The van der Waals surface area contributed by atoms with Crippen molar-refractivity contribution in [2.75, 3.05) is 27.3 Å². The van der Waals surface area contributed by atoms with Gasteiger partial charge in [-0.3, -0.25) is 0 Å². The van der Waals surface area contributed by atoms with Gasteiger partial charge in [-0.15, -0.1) is 0 Å². The number of carbonyl (C=O) groups excluding carboxylic acids is 1. The molecule has 5 nitrogen and oxygen atoms in total. The van der Waals surface area contributed by atoms with Crippen LogP contribution in [0.3, 0.4) is 0 Å². The Kier molecular flexibility index (Phi) is 6.00. The number of fused-ring (bicyclic) bond motifs is 1. The normalized spacial score (nSPS) is 13.1. The molecule has 0 unspecified atom stereocenters. The van der Waals surface area contributed by atoms with Crippen molar-refractivity contribution in [1.82, 2.24) is 10.2 Å². The largest absolute Gasteiger partial charge is 0.493 e. The first-order valence-corrected chi connectivity index (χ1v) is 9.01. The molecule has 0 atom stereocenters. The topological polar surface area (TPSA) is 50.8 Å². The van der Waals surface area contributed by atoms with E-state index in [1.165, 1.54) is 11.1 Å². The van der Waals surface area contributed by atoms with Crippen molar-refractivity contribution in [3.63, 3.8) is 0 Å². The summed E-state index contributed by atoms with van der Waals surface area (Å²) in [6.07, 6.45) is 2.74. The Balaban J connectivity index is 1.52. The maximum Gasteiger partial charge on any atom is 0.317 e. The zero-order chi connectivity index (χ0) is 18.4. The van der Waals surface area contributed by atoms with E-state index in [0.717, 1.165) is 30.6 Å². The van der Waals surface area contributed by atoms with Crippen LogP contribution in [0.15, 0.2) is 42.5 Å². The molecule has 138 valence electrons. The van der Waals surface area contributed by atoms with Gasteiger partial charge in [0.1, 0.15) is 0 Å². The first-order valence-electron chi connectivity index (χ1n) is 9.01. The number of methoxy groups -OCH3 is 2. The molecule has 0 saturated carbocycles. The number of nitrogens with one attached hydrogen (secondary N) is 1. The van der Waals surface area contributed by atoms with Gasteiger partial charge in [-0.2, -0.15) is 0 Å². The van der Waals surface area contributed by atoms with Crippen LogP contribution in [0, 0.1) is 0 Å². The number of hydrogen-bond acceptors (Lipinski definition) is 3. The molecule has 1 N–H and O–H groups in total. The second-order valence-corrected chi connectivity index (χ2v) is 6.47. The predicted molar refractivity (Wildman–Crippen MR) is 102 cm³/mol. The third kappa shape index (κ3) is 4.28. The Bertz CT molecular complexity index is 746. The van der Waals surface area contributed by atoms with Crippen LogP contribution in [0.5, 0.6) is 11.5 Å². The van der Waals surface area contributed by atoms with Crippen LogP contribution in [0.4, 0.5) is 4.79 Å². The summed E-state index contributed by atoms with van der Waals surface area (Å²) in [6, 6.07) is 14.3. The minimum Gasteiger partial charge on any atom is -0.493 e. The third-order valence-corrected chi connectivity index (χ3v) is 4.77. The maximum atomic E-state index is 12.5. The van der Waals surface area contributed by atoms with Crippen molar-refractivity contribution in [3.8, 4) is 11.5 Å². The number of hydrogen-bond donors (Lipinski definition) is 1. The van der Waals surface area contributed by atoms with Crippen molar-refractivity contribution in [1.29, 1.82) is 0 Å². The van der Waals surface area contributed by atoms with Gasteiger partial charge in [0.25, 0.3) is 0 Å². The predicted octanol–water partition coefficient (Wildman–Crippen LogP) is 3.40. The van der Waals surface area contributed by atoms with Gasteiger partial charge in [-0.25, -0.2) is 4.79 Å².